The van der Waals surface area contributed by atoms with Crippen molar-refractivity contribution >= 4 is 28.1 Å². The lowest BCUT2D eigenvalue weighted by atomic mass is 10.1. The summed E-state index contributed by atoms with van der Waals surface area (Å²) in [5.41, 5.74) is 4.45. The van der Waals surface area contributed by atoms with Crippen molar-refractivity contribution in [1.29, 1.82) is 0 Å². The number of aromatic nitrogens is 1. The maximum absolute atomic E-state index is 11.1. The quantitative estimate of drug-likeness (QED) is 0.855. The summed E-state index contributed by atoms with van der Waals surface area (Å²) in [4.78, 5) is 15.6. The largest absolute Gasteiger partial charge is 0.469 e. The Morgan fingerprint density at radius 2 is 2.20 bits per heavy atom. The third kappa shape index (κ3) is 3.57. The molecule has 0 aliphatic heterocycles. The van der Waals surface area contributed by atoms with Gasteiger partial charge in [-0.1, -0.05) is 12.1 Å². The van der Waals surface area contributed by atoms with Crippen molar-refractivity contribution in [3.63, 3.8) is 0 Å². The molecule has 2 rings (SSSR count). The fourth-order valence-corrected chi connectivity index (χ4v) is 2.57. The van der Waals surface area contributed by atoms with E-state index in [4.69, 9.17) is 0 Å². The van der Waals surface area contributed by atoms with Crippen LogP contribution in [0.4, 0.5) is 10.8 Å². The molecule has 0 amide bonds. The van der Waals surface area contributed by atoms with Crippen LogP contribution in [0.2, 0.25) is 0 Å². The topological polar surface area (TPSA) is 51.2 Å². The molecule has 0 aliphatic rings. The fourth-order valence-electron chi connectivity index (χ4n) is 1.81. The van der Waals surface area contributed by atoms with Crippen molar-refractivity contribution in [3.05, 3.63) is 40.4 Å². The van der Waals surface area contributed by atoms with E-state index >= 15 is 0 Å². The Morgan fingerprint density at radius 3 is 2.95 bits per heavy atom. The SMILES string of the molecule is COC(=O)CCc1csc(Nc2cccc(C)c2C)n1. The van der Waals surface area contributed by atoms with Crippen LogP contribution in [0.3, 0.4) is 0 Å². The number of benzene rings is 1. The van der Waals surface area contributed by atoms with E-state index in [9.17, 15) is 4.79 Å². The average molecular weight is 290 g/mol. The molecule has 0 atom stereocenters. The number of nitrogens with zero attached hydrogens (tertiary/aromatic N) is 1. The highest BCUT2D eigenvalue weighted by Crippen LogP contribution is 2.25. The number of methoxy groups -OCH3 is 1. The number of nitrogens with one attached hydrogen (secondary N) is 1. The number of rotatable bonds is 5. The highest BCUT2D eigenvalue weighted by atomic mass is 32.1. The van der Waals surface area contributed by atoms with Crippen LogP contribution in [0.25, 0.3) is 0 Å². The van der Waals surface area contributed by atoms with Gasteiger partial charge in [-0.05, 0) is 31.0 Å². The second-order valence-corrected chi connectivity index (χ2v) is 5.45. The van der Waals surface area contributed by atoms with Crippen molar-refractivity contribution in [2.24, 2.45) is 0 Å². The van der Waals surface area contributed by atoms with E-state index in [0.717, 1.165) is 16.5 Å². The van der Waals surface area contributed by atoms with E-state index in [0.29, 0.717) is 12.8 Å². The number of anilines is 2. The molecule has 0 spiro atoms. The maximum atomic E-state index is 11.1. The summed E-state index contributed by atoms with van der Waals surface area (Å²) in [6.07, 6.45) is 0.973. The van der Waals surface area contributed by atoms with Crippen LogP contribution >= 0.6 is 11.3 Å². The zero-order valence-electron chi connectivity index (χ0n) is 11.9. The van der Waals surface area contributed by atoms with Crippen molar-refractivity contribution in [1.82, 2.24) is 4.98 Å². The van der Waals surface area contributed by atoms with E-state index in [-0.39, 0.29) is 5.97 Å². The molecular weight excluding hydrogens is 272 g/mol. The van der Waals surface area contributed by atoms with Gasteiger partial charge in [-0.2, -0.15) is 0 Å². The summed E-state index contributed by atoms with van der Waals surface area (Å²) in [6.45, 7) is 4.17. The minimum absolute atomic E-state index is 0.206. The third-order valence-corrected chi connectivity index (χ3v) is 4.02. The molecule has 1 aromatic carbocycles. The number of hydrogen-bond donors (Lipinski definition) is 1. The summed E-state index contributed by atoms with van der Waals surface area (Å²) < 4.78 is 4.62. The number of hydrogen-bond acceptors (Lipinski definition) is 5. The molecule has 5 heteroatoms. The standard InChI is InChI=1S/C15H18N2O2S/c1-10-5-4-6-13(11(10)2)17-15-16-12(9-20-15)7-8-14(18)19-3/h4-6,9H,7-8H2,1-3H3,(H,16,17). The number of thiazole rings is 1. The predicted octanol–water partition coefficient (Wildman–Crippen LogP) is 3.61. The monoisotopic (exact) mass is 290 g/mol. The van der Waals surface area contributed by atoms with Crippen molar-refractivity contribution in [2.75, 3.05) is 12.4 Å². The molecule has 20 heavy (non-hydrogen) atoms. The van der Waals surface area contributed by atoms with Gasteiger partial charge in [-0.3, -0.25) is 4.79 Å². The summed E-state index contributed by atoms with van der Waals surface area (Å²) in [6, 6.07) is 6.15. The molecule has 0 saturated heterocycles. The highest BCUT2D eigenvalue weighted by Gasteiger charge is 2.07. The average Bonchev–Trinajstić information content (AvgIpc) is 2.89. The lowest BCUT2D eigenvalue weighted by Crippen LogP contribution is -2.02. The van der Waals surface area contributed by atoms with E-state index in [1.54, 1.807) is 11.3 Å². The number of ether oxygens (including phenoxy) is 1. The molecule has 0 aliphatic carbocycles. The molecule has 0 unspecified atom stereocenters. The molecule has 0 radical (unpaired) electrons. The van der Waals surface area contributed by atoms with Crippen LogP contribution in [-0.4, -0.2) is 18.1 Å². The normalized spacial score (nSPS) is 10.3. The van der Waals surface area contributed by atoms with Gasteiger partial charge in [0.15, 0.2) is 5.13 Å². The Labute approximate surface area is 122 Å². The first-order valence-electron chi connectivity index (χ1n) is 6.44. The Hall–Kier alpha value is -1.88. The minimum atomic E-state index is -0.206. The van der Waals surface area contributed by atoms with Crippen molar-refractivity contribution in [3.8, 4) is 0 Å². The summed E-state index contributed by atoms with van der Waals surface area (Å²) >= 11 is 1.54. The van der Waals surface area contributed by atoms with Crippen LogP contribution in [0.1, 0.15) is 23.2 Å². The first-order valence-corrected chi connectivity index (χ1v) is 7.32. The Morgan fingerprint density at radius 1 is 1.40 bits per heavy atom. The number of esters is 1. The van der Waals surface area contributed by atoms with Crippen molar-refractivity contribution < 1.29 is 9.53 Å². The van der Waals surface area contributed by atoms with Crippen LogP contribution in [0.5, 0.6) is 0 Å². The third-order valence-electron chi connectivity index (χ3n) is 3.21. The zero-order valence-corrected chi connectivity index (χ0v) is 12.7. The summed E-state index contributed by atoms with van der Waals surface area (Å²) in [5.74, 6) is -0.206. The Balaban J connectivity index is 2.02. The zero-order chi connectivity index (χ0) is 14.5. The highest BCUT2D eigenvalue weighted by molar-refractivity contribution is 7.13. The number of aryl methyl sites for hydroxylation is 2. The van der Waals surface area contributed by atoms with Crippen LogP contribution in [-0.2, 0) is 16.0 Å². The molecule has 1 aromatic heterocycles. The van der Waals surface area contributed by atoms with Gasteiger partial charge in [0.25, 0.3) is 0 Å². The maximum Gasteiger partial charge on any atom is 0.305 e. The van der Waals surface area contributed by atoms with Crippen LogP contribution in [0, 0.1) is 13.8 Å². The molecular formula is C15H18N2O2S. The second kappa shape index (κ2) is 6.52. The molecule has 1 heterocycles. The molecule has 0 saturated carbocycles. The smallest absolute Gasteiger partial charge is 0.305 e. The lowest BCUT2D eigenvalue weighted by Gasteiger charge is -2.08. The van der Waals surface area contributed by atoms with Gasteiger partial charge in [0.1, 0.15) is 0 Å². The van der Waals surface area contributed by atoms with E-state index in [2.05, 4.69) is 35.0 Å². The van der Waals surface area contributed by atoms with E-state index in [1.807, 2.05) is 17.5 Å². The molecule has 0 fully saturated rings. The summed E-state index contributed by atoms with van der Waals surface area (Å²) in [5, 5.41) is 6.14. The van der Waals surface area contributed by atoms with Gasteiger partial charge in [-0.25, -0.2) is 4.98 Å². The lowest BCUT2D eigenvalue weighted by molar-refractivity contribution is -0.140. The molecule has 106 valence electrons. The number of carbonyl (C=O) groups excluding carboxylic acids is 1. The Bertz CT molecular complexity index is 608. The number of carbonyl (C=O) groups is 1. The van der Waals surface area contributed by atoms with Gasteiger partial charge in [0.2, 0.25) is 0 Å². The van der Waals surface area contributed by atoms with Crippen LogP contribution in [0.15, 0.2) is 23.6 Å². The summed E-state index contributed by atoms with van der Waals surface area (Å²) in [7, 11) is 1.40. The molecule has 1 N–H and O–H groups in total. The van der Waals surface area contributed by atoms with Gasteiger partial charge >= 0.3 is 5.97 Å². The van der Waals surface area contributed by atoms with Gasteiger partial charge < -0.3 is 10.1 Å². The van der Waals surface area contributed by atoms with Gasteiger partial charge in [0, 0.05) is 17.5 Å². The fraction of sp³-hybridized carbons (Fsp3) is 0.333. The van der Waals surface area contributed by atoms with Crippen molar-refractivity contribution in [2.45, 2.75) is 26.7 Å². The minimum Gasteiger partial charge on any atom is -0.469 e. The van der Waals surface area contributed by atoms with Gasteiger partial charge in [-0.15, -0.1) is 11.3 Å². The first kappa shape index (κ1) is 14.5. The van der Waals surface area contributed by atoms with E-state index < -0.39 is 0 Å². The first-order chi connectivity index (χ1) is 9.60. The molecule has 4 nitrogen and oxygen atoms in total. The predicted molar refractivity (Wildman–Crippen MR) is 81.6 cm³/mol. The molecule has 0 bridgehead atoms. The van der Waals surface area contributed by atoms with Crippen LogP contribution < -0.4 is 5.32 Å². The van der Waals surface area contributed by atoms with Gasteiger partial charge in [0.05, 0.1) is 19.2 Å². The Kier molecular flexibility index (Phi) is 4.74. The second-order valence-electron chi connectivity index (χ2n) is 4.59. The van der Waals surface area contributed by atoms with E-state index in [1.165, 1.54) is 18.2 Å². The molecule has 2 aromatic rings.